The highest BCUT2D eigenvalue weighted by atomic mass is 32.2. The Kier molecular flexibility index (Phi) is 22.7. The molecule has 0 aliphatic rings. The minimum absolute atomic E-state index is 0.00978. The lowest BCUT2D eigenvalue weighted by Crippen LogP contribution is -2.19. The van der Waals surface area contributed by atoms with Gasteiger partial charge in [-0.1, -0.05) is 129 Å². The number of hydrogen-bond acceptors (Lipinski definition) is 17. The molecular weight excluding hydrogens is 1150 g/mol. The highest BCUT2D eigenvalue weighted by Gasteiger charge is 2.29. The largest absolute Gasteiger partial charge is 0.507 e. The number of nitro benzene ring substituents is 1. The topological polar surface area (TPSA) is 309 Å². The van der Waals surface area contributed by atoms with Gasteiger partial charge in [-0.2, -0.15) is 0 Å². The van der Waals surface area contributed by atoms with Crippen molar-refractivity contribution in [2.45, 2.75) is 143 Å². The molecule has 0 fully saturated rings. The maximum Gasteiger partial charge on any atom is 0.270 e. The monoisotopic (exact) mass is 1220 g/mol. The van der Waals surface area contributed by atoms with Gasteiger partial charge in [-0.05, 0) is 78.6 Å². The van der Waals surface area contributed by atoms with Crippen molar-refractivity contribution in [3.63, 3.8) is 0 Å². The van der Waals surface area contributed by atoms with Crippen molar-refractivity contribution in [3.05, 3.63) is 119 Å². The molecule has 0 radical (unpaired) electrons. The molecule has 6 aromatic carbocycles. The number of phenolic OH excluding ortho intramolecular Hbond substituents is 2. The molecule has 0 bridgehead atoms. The van der Waals surface area contributed by atoms with Gasteiger partial charge in [0.2, 0.25) is 0 Å². The second-order valence-electron chi connectivity index (χ2n) is 21.1. The van der Waals surface area contributed by atoms with E-state index in [1.807, 2.05) is 20.8 Å². The minimum atomic E-state index is -4.70. The fourth-order valence-electron chi connectivity index (χ4n) is 9.04. The first-order valence-electron chi connectivity index (χ1n) is 27.4. The quantitative estimate of drug-likeness (QED) is 0.00841. The summed E-state index contributed by atoms with van der Waals surface area (Å²) in [4.78, 5) is 8.51. The molecule has 0 saturated carbocycles. The molecule has 6 rings (SSSR count). The van der Waals surface area contributed by atoms with E-state index in [0.29, 0.717) is 17.9 Å². The van der Waals surface area contributed by atoms with Crippen molar-refractivity contribution in [1.82, 2.24) is 0 Å². The van der Waals surface area contributed by atoms with Gasteiger partial charge < -0.3 is 24.4 Å². The summed E-state index contributed by atoms with van der Waals surface area (Å²) in [6.45, 7) is 8.38. The molecule has 0 atom stereocenters. The van der Waals surface area contributed by atoms with Crippen LogP contribution in [0.2, 0.25) is 0 Å². The number of nitro groups is 1. The van der Waals surface area contributed by atoms with Crippen LogP contribution in [0.15, 0.2) is 133 Å². The second kappa shape index (κ2) is 29.0. The average Bonchev–Trinajstić information content (AvgIpc) is 3.60. The first-order valence-corrected chi connectivity index (χ1v) is 33.7. The van der Waals surface area contributed by atoms with Crippen LogP contribution in [0.25, 0.3) is 10.8 Å². The Bertz CT molecular complexity index is 3740. The first-order chi connectivity index (χ1) is 39.3. The maximum atomic E-state index is 14.4. The van der Waals surface area contributed by atoms with Crippen LogP contribution in [0, 0.1) is 10.1 Å². The van der Waals surface area contributed by atoms with Gasteiger partial charge in [-0.15, -0.1) is 10.2 Å². The van der Waals surface area contributed by atoms with E-state index in [2.05, 4.69) is 31.3 Å². The molecule has 6 aromatic rings. The molecule has 0 saturated heterocycles. The molecule has 5 N–H and O–H groups in total. The van der Waals surface area contributed by atoms with Crippen molar-refractivity contribution in [2.75, 3.05) is 47.4 Å². The van der Waals surface area contributed by atoms with E-state index in [1.54, 1.807) is 0 Å². The number of anilines is 3. The number of unbranched alkanes of at least 4 members (excludes halogenated alkanes) is 13. The molecule has 25 heteroatoms. The van der Waals surface area contributed by atoms with Crippen molar-refractivity contribution in [3.8, 4) is 23.0 Å². The fourth-order valence-corrected chi connectivity index (χ4v) is 13.4. The van der Waals surface area contributed by atoms with E-state index in [-0.39, 0.29) is 63.9 Å². The number of aromatic hydroxyl groups is 2. The van der Waals surface area contributed by atoms with E-state index in [0.717, 1.165) is 74.4 Å². The summed E-state index contributed by atoms with van der Waals surface area (Å²) < 4.78 is 135. The Morgan fingerprint density at radius 2 is 1.12 bits per heavy atom. The van der Waals surface area contributed by atoms with Gasteiger partial charge in [0, 0.05) is 47.9 Å². The lowest BCUT2D eigenvalue weighted by Gasteiger charge is -2.25. The number of sulfone groups is 1. The summed E-state index contributed by atoms with van der Waals surface area (Å²) in [6, 6.07) is 20.3. The Hall–Kier alpha value is -7.06. The number of fused-ring (bicyclic) bond motifs is 1. The Morgan fingerprint density at radius 3 is 1.72 bits per heavy atom. The number of benzene rings is 6. The lowest BCUT2D eigenvalue weighted by molar-refractivity contribution is -0.385. The molecular formula is C58H74N6O15S4. The number of ether oxygens (including phenoxy) is 3. The van der Waals surface area contributed by atoms with E-state index in [1.165, 1.54) is 132 Å². The van der Waals surface area contributed by atoms with Gasteiger partial charge in [-0.25, -0.2) is 33.7 Å². The van der Waals surface area contributed by atoms with Crippen molar-refractivity contribution in [1.29, 1.82) is 0 Å². The average molecular weight is 1220 g/mol. The van der Waals surface area contributed by atoms with Gasteiger partial charge >= 0.3 is 0 Å². The molecule has 0 aliphatic carbocycles. The minimum Gasteiger partial charge on any atom is -0.507 e. The standard InChI is InChI=1S/C58H74N6O15S4/c1-7-8-9-10-11-12-13-14-15-16-17-18-19-20-33-78-54-40-52(66)50(39-46(54)58(2,3)4)63-83(75,76)56-36-41(27-32-53(56)79-35-34-77-5)61-81(71,72)43-23-21-24-44(38-43)82(73,74)62-49-26-22-25-45-51(65)31-30-48(57(45)49)60-59-47-29-28-42(64(67)68)37-55(47)80(6,69)70/h21-32,36-40,61-63,65-66H,7-20,33-35H2,1-6H3. The van der Waals surface area contributed by atoms with Gasteiger partial charge in [0.25, 0.3) is 35.8 Å². The van der Waals surface area contributed by atoms with Gasteiger partial charge in [0.1, 0.15) is 45.1 Å². The zero-order valence-electron chi connectivity index (χ0n) is 47.5. The number of rotatable bonds is 33. The predicted octanol–water partition coefficient (Wildman–Crippen LogP) is 13.6. The zero-order valence-corrected chi connectivity index (χ0v) is 50.8. The molecule has 83 heavy (non-hydrogen) atoms. The van der Waals surface area contributed by atoms with Crippen LogP contribution in [-0.4, -0.2) is 82.0 Å². The number of nitrogens with one attached hydrogen (secondary N) is 3. The normalized spacial score (nSPS) is 12.4. The zero-order chi connectivity index (χ0) is 60.6. The molecule has 450 valence electrons. The molecule has 0 aromatic heterocycles. The molecule has 0 spiro atoms. The smallest absolute Gasteiger partial charge is 0.270 e. The first kappa shape index (κ1) is 65.1. The molecule has 0 heterocycles. The van der Waals surface area contributed by atoms with Crippen molar-refractivity contribution >= 4 is 84.8 Å². The summed E-state index contributed by atoms with van der Waals surface area (Å²) in [5.74, 6) is -0.506. The van der Waals surface area contributed by atoms with Crippen LogP contribution in [0.3, 0.4) is 0 Å². The number of nitrogens with zero attached hydrogens (tertiary/aromatic N) is 3. The number of hydrogen-bond donors (Lipinski definition) is 5. The van der Waals surface area contributed by atoms with Gasteiger partial charge in [0.15, 0.2) is 9.84 Å². The van der Waals surface area contributed by atoms with Crippen LogP contribution in [-0.2, 0) is 50.1 Å². The highest BCUT2D eigenvalue weighted by Crippen LogP contribution is 2.42. The highest BCUT2D eigenvalue weighted by molar-refractivity contribution is 7.94. The summed E-state index contributed by atoms with van der Waals surface area (Å²) >= 11 is 0. The van der Waals surface area contributed by atoms with Crippen LogP contribution < -0.4 is 23.6 Å². The Labute approximate surface area is 487 Å². The number of sulfonamides is 3. The van der Waals surface area contributed by atoms with E-state index in [4.69, 9.17) is 14.2 Å². The number of azo groups is 1. The molecule has 0 amide bonds. The second-order valence-corrected chi connectivity index (χ2v) is 28.1. The maximum absolute atomic E-state index is 14.4. The van der Waals surface area contributed by atoms with E-state index < -0.39 is 81.3 Å². The van der Waals surface area contributed by atoms with Crippen LogP contribution in [0.1, 0.15) is 123 Å². The predicted molar refractivity (Wildman–Crippen MR) is 321 cm³/mol. The summed E-state index contributed by atoms with van der Waals surface area (Å²) in [5.41, 5.74) is -1.40. The summed E-state index contributed by atoms with van der Waals surface area (Å²) in [5, 5.41) is 41.7. The summed E-state index contributed by atoms with van der Waals surface area (Å²) in [6.07, 6.45) is 17.8. The summed E-state index contributed by atoms with van der Waals surface area (Å²) in [7, 11) is -16.7. The van der Waals surface area contributed by atoms with E-state index >= 15 is 0 Å². The van der Waals surface area contributed by atoms with Crippen LogP contribution in [0.4, 0.5) is 34.1 Å². The SMILES string of the molecule is CCCCCCCCCCCCCCCCOc1cc(O)c(NS(=O)(=O)c2cc(NS(=O)(=O)c3cccc(S(=O)(=O)Nc4cccc5c(O)ccc(N=Nc6ccc([N+](=O)[O-])cc6S(C)(=O)=O)c45)c3)ccc2OCCOC)cc1C(C)(C)C. The Balaban J connectivity index is 1.19. The van der Waals surface area contributed by atoms with E-state index in [9.17, 15) is 54.0 Å². The molecule has 0 unspecified atom stereocenters. The van der Waals surface area contributed by atoms with Crippen molar-refractivity contribution < 1.29 is 63.0 Å². The third kappa shape index (κ3) is 18.2. The third-order valence-corrected chi connectivity index (χ3v) is 18.7. The Morgan fingerprint density at radius 1 is 0.554 bits per heavy atom. The van der Waals surface area contributed by atoms with Gasteiger partial charge in [-0.3, -0.25) is 24.3 Å². The number of phenols is 2. The van der Waals surface area contributed by atoms with Gasteiger partial charge in [0.05, 0.1) is 50.7 Å². The lowest BCUT2D eigenvalue weighted by atomic mass is 9.86. The number of non-ortho nitro benzene ring substituents is 1. The van der Waals surface area contributed by atoms with Crippen molar-refractivity contribution in [2.24, 2.45) is 10.2 Å². The molecule has 0 aliphatic heterocycles. The number of methoxy groups -OCH3 is 1. The molecule has 21 nitrogen and oxygen atoms in total. The third-order valence-electron chi connectivity index (χ3n) is 13.4. The fraction of sp³-hybridized carbons (Fsp3) is 0.414. The van der Waals surface area contributed by atoms with Crippen LogP contribution >= 0.6 is 0 Å². The van der Waals surface area contributed by atoms with Crippen LogP contribution in [0.5, 0.6) is 23.0 Å².